The molecule has 2 aliphatic heterocycles. The molecule has 252 valence electrons. The topological polar surface area (TPSA) is 90.2 Å². The molecule has 2 fully saturated rings. The number of piperazine rings is 1. The van der Waals surface area contributed by atoms with Crippen LogP contribution in [-0.2, 0) is 31.3 Å². The van der Waals surface area contributed by atoms with Crippen molar-refractivity contribution in [3.63, 3.8) is 0 Å². The summed E-state index contributed by atoms with van der Waals surface area (Å²) in [6.45, 7) is 4.24. The first-order chi connectivity index (χ1) is 23.7. The second-order valence-electron chi connectivity index (χ2n) is 13.0. The third-order valence-corrected chi connectivity index (χ3v) is 9.48. The zero-order valence-corrected chi connectivity index (χ0v) is 28.1. The Bertz CT molecular complexity index is 1670. The zero-order valence-electron chi connectivity index (χ0n) is 28.1. The number of benzene rings is 4. The molecule has 0 spiro atoms. The van der Waals surface area contributed by atoms with Gasteiger partial charge in [-0.25, -0.2) is 9.59 Å². The molecule has 2 aliphatic rings. The van der Waals surface area contributed by atoms with Crippen molar-refractivity contribution in [1.29, 1.82) is 0 Å². The van der Waals surface area contributed by atoms with Gasteiger partial charge in [0.05, 0.1) is 5.54 Å². The van der Waals surface area contributed by atoms with E-state index < -0.39 is 35.5 Å². The molecule has 0 N–H and O–H groups in total. The molecule has 4 amide bonds. The predicted octanol–water partition coefficient (Wildman–Crippen LogP) is 5.15. The third kappa shape index (κ3) is 6.71. The molecular formula is C40H42N4O5. The molecule has 4 aromatic carbocycles. The lowest BCUT2D eigenvalue weighted by molar-refractivity contribution is -0.151. The van der Waals surface area contributed by atoms with Gasteiger partial charge in [0.2, 0.25) is 11.8 Å². The zero-order chi connectivity index (χ0) is 34.5. The number of imide groups is 1. The number of ether oxygens (including phenoxy) is 1. The number of hydrogen-bond acceptors (Lipinski definition) is 6. The standard InChI is InChI=1S/C40H42N4O5/c1-29(2)36(38(47)49-28-30-16-8-4-9-17-30)41(3)39(48)42-24-25-43(35(45)27-42)37(46)34-26-44(34)40(31-18-10-5-11-19-31,32-20-12-6-13-21-32)33-22-14-7-15-23-33/h4-23,29,34,36H,24-28H2,1-3H3/t34-,36+,44?/m1/s1. The summed E-state index contributed by atoms with van der Waals surface area (Å²) in [6.07, 6.45) is 0. The first kappa shape index (κ1) is 33.6. The van der Waals surface area contributed by atoms with E-state index >= 15 is 0 Å². The largest absolute Gasteiger partial charge is 0.459 e. The van der Waals surface area contributed by atoms with Crippen molar-refractivity contribution < 1.29 is 23.9 Å². The van der Waals surface area contributed by atoms with Crippen LogP contribution in [0.5, 0.6) is 0 Å². The average Bonchev–Trinajstić information content (AvgIpc) is 3.93. The lowest BCUT2D eigenvalue weighted by Gasteiger charge is -2.39. The molecule has 3 atom stereocenters. The normalized spacial score (nSPS) is 18.2. The van der Waals surface area contributed by atoms with Gasteiger partial charge in [0.25, 0.3) is 0 Å². The van der Waals surface area contributed by atoms with Crippen LogP contribution in [-0.4, -0.2) is 88.7 Å². The summed E-state index contributed by atoms with van der Waals surface area (Å²) in [4.78, 5) is 60.6. The first-order valence-electron chi connectivity index (χ1n) is 16.7. The number of carbonyl (C=O) groups is 4. The fourth-order valence-corrected chi connectivity index (χ4v) is 7.04. The summed E-state index contributed by atoms with van der Waals surface area (Å²) in [6, 6.07) is 37.9. The average molecular weight is 659 g/mol. The highest BCUT2D eigenvalue weighted by Crippen LogP contribution is 2.48. The summed E-state index contributed by atoms with van der Waals surface area (Å²) < 4.78 is 5.57. The lowest BCUT2D eigenvalue weighted by atomic mass is 9.76. The van der Waals surface area contributed by atoms with Crippen molar-refractivity contribution in [2.75, 3.05) is 33.2 Å². The summed E-state index contributed by atoms with van der Waals surface area (Å²) in [5, 5.41) is 0. The molecule has 2 saturated heterocycles. The van der Waals surface area contributed by atoms with Crippen molar-refractivity contribution in [3.8, 4) is 0 Å². The molecule has 9 nitrogen and oxygen atoms in total. The van der Waals surface area contributed by atoms with Crippen LogP contribution in [0.25, 0.3) is 0 Å². The van der Waals surface area contributed by atoms with E-state index in [0.717, 1.165) is 22.3 Å². The van der Waals surface area contributed by atoms with Crippen molar-refractivity contribution in [3.05, 3.63) is 144 Å². The van der Waals surface area contributed by atoms with Crippen LogP contribution in [0, 0.1) is 5.92 Å². The van der Waals surface area contributed by atoms with Crippen LogP contribution in [0.3, 0.4) is 0 Å². The van der Waals surface area contributed by atoms with Gasteiger partial charge in [-0.1, -0.05) is 135 Å². The molecule has 0 aliphatic carbocycles. The van der Waals surface area contributed by atoms with Gasteiger partial charge in [0, 0.05) is 26.7 Å². The van der Waals surface area contributed by atoms with E-state index in [1.54, 1.807) is 7.05 Å². The smallest absolute Gasteiger partial charge is 0.329 e. The maximum atomic E-state index is 14.1. The monoisotopic (exact) mass is 658 g/mol. The molecule has 6 rings (SSSR count). The van der Waals surface area contributed by atoms with Gasteiger partial charge in [-0.3, -0.25) is 19.4 Å². The van der Waals surface area contributed by atoms with E-state index in [4.69, 9.17) is 4.74 Å². The van der Waals surface area contributed by atoms with Gasteiger partial charge in [0.1, 0.15) is 25.2 Å². The van der Waals surface area contributed by atoms with Crippen molar-refractivity contribution in [1.82, 2.24) is 19.6 Å². The third-order valence-electron chi connectivity index (χ3n) is 9.48. The quantitative estimate of drug-likeness (QED) is 0.101. The molecule has 0 aromatic heterocycles. The van der Waals surface area contributed by atoms with E-state index in [1.807, 2.05) is 98.8 Å². The molecule has 0 radical (unpaired) electrons. The van der Waals surface area contributed by atoms with Crippen LogP contribution >= 0.6 is 0 Å². The fraction of sp³-hybridized carbons (Fsp3) is 0.300. The summed E-state index contributed by atoms with van der Waals surface area (Å²) >= 11 is 0. The van der Waals surface area contributed by atoms with Gasteiger partial charge >= 0.3 is 12.0 Å². The highest BCUT2D eigenvalue weighted by Gasteiger charge is 2.57. The van der Waals surface area contributed by atoms with Crippen LogP contribution in [0.2, 0.25) is 0 Å². The van der Waals surface area contributed by atoms with Crippen LogP contribution in [0.4, 0.5) is 4.79 Å². The molecule has 49 heavy (non-hydrogen) atoms. The predicted molar refractivity (Wildman–Crippen MR) is 186 cm³/mol. The van der Waals surface area contributed by atoms with Crippen molar-refractivity contribution in [2.45, 2.75) is 38.1 Å². The summed E-state index contributed by atoms with van der Waals surface area (Å²) in [5.41, 5.74) is 3.16. The highest BCUT2D eigenvalue weighted by molar-refractivity contribution is 6.01. The van der Waals surface area contributed by atoms with Crippen molar-refractivity contribution in [2.24, 2.45) is 5.92 Å². The number of likely N-dealkylation sites (N-methyl/N-ethyl adjacent to an activating group) is 1. The number of rotatable bonds is 10. The number of nitrogens with zero attached hydrogens (tertiary/aromatic N) is 4. The van der Waals surface area contributed by atoms with Crippen molar-refractivity contribution >= 4 is 23.8 Å². The van der Waals surface area contributed by atoms with Crippen LogP contribution in [0.1, 0.15) is 36.1 Å². The number of carbonyl (C=O) groups excluding carboxylic acids is 4. The Balaban J connectivity index is 1.17. The van der Waals surface area contributed by atoms with E-state index in [-0.39, 0.29) is 38.1 Å². The Hall–Kier alpha value is -5.28. The van der Waals surface area contributed by atoms with E-state index in [2.05, 4.69) is 41.3 Å². The maximum Gasteiger partial charge on any atom is 0.329 e. The molecule has 4 aromatic rings. The minimum absolute atomic E-state index is 0.0708. The molecule has 1 unspecified atom stereocenters. The lowest BCUT2D eigenvalue weighted by Crippen LogP contribution is -2.59. The fourth-order valence-electron chi connectivity index (χ4n) is 7.04. The van der Waals surface area contributed by atoms with E-state index in [0.29, 0.717) is 6.54 Å². The number of amides is 4. The second kappa shape index (κ2) is 14.5. The Kier molecular flexibility index (Phi) is 9.92. The Morgan fingerprint density at radius 2 is 1.27 bits per heavy atom. The SMILES string of the molecule is CC(C)[C@@H](C(=O)OCc1ccccc1)N(C)C(=O)N1CCN(C(=O)[C@H]2CN2C(c2ccccc2)(c2ccccc2)c2ccccc2)C(=O)C1. The van der Waals surface area contributed by atoms with Gasteiger partial charge < -0.3 is 14.5 Å². The number of hydrogen-bond donors (Lipinski definition) is 0. The minimum Gasteiger partial charge on any atom is -0.459 e. The number of esters is 1. The minimum atomic E-state index is -0.840. The van der Waals surface area contributed by atoms with E-state index in [9.17, 15) is 19.2 Å². The summed E-state index contributed by atoms with van der Waals surface area (Å²) in [5.74, 6) is -1.46. The van der Waals surface area contributed by atoms with Gasteiger partial charge in [-0.15, -0.1) is 0 Å². The van der Waals surface area contributed by atoms with Crippen LogP contribution in [0.15, 0.2) is 121 Å². The first-order valence-corrected chi connectivity index (χ1v) is 16.7. The molecule has 0 saturated carbocycles. The Morgan fingerprint density at radius 1 is 0.776 bits per heavy atom. The van der Waals surface area contributed by atoms with Gasteiger partial charge in [0.15, 0.2) is 0 Å². The van der Waals surface area contributed by atoms with Gasteiger partial charge in [-0.2, -0.15) is 0 Å². The maximum absolute atomic E-state index is 14.1. The van der Waals surface area contributed by atoms with Crippen LogP contribution < -0.4 is 0 Å². The van der Waals surface area contributed by atoms with E-state index in [1.165, 1.54) is 14.7 Å². The highest BCUT2D eigenvalue weighted by atomic mass is 16.5. The molecule has 0 bridgehead atoms. The Labute approximate surface area is 287 Å². The molecule has 2 heterocycles. The van der Waals surface area contributed by atoms with Gasteiger partial charge in [-0.05, 0) is 28.2 Å². The second-order valence-corrected chi connectivity index (χ2v) is 13.0. The molecule has 9 heteroatoms. The summed E-state index contributed by atoms with van der Waals surface area (Å²) in [7, 11) is 1.55. The molecular weight excluding hydrogens is 616 g/mol. The Morgan fingerprint density at radius 3 is 1.73 bits per heavy atom. The number of urea groups is 1.